The molecule has 1 aliphatic rings. The van der Waals surface area contributed by atoms with Crippen LogP contribution in [0.2, 0.25) is 0 Å². The highest BCUT2D eigenvalue weighted by atomic mass is 79.9. The normalized spacial score (nSPS) is 19.6. The van der Waals surface area contributed by atoms with Crippen molar-refractivity contribution in [1.29, 1.82) is 0 Å². The van der Waals surface area contributed by atoms with E-state index in [1.807, 2.05) is 6.92 Å². The van der Waals surface area contributed by atoms with Crippen molar-refractivity contribution in [3.05, 3.63) is 75.8 Å². The Morgan fingerprint density at radius 2 is 1.70 bits per heavy atom. The Hall–Kier alpha value is -1.96. The maximum atomic E-state index is 13.7. The molecular weight excluding hydrogens is 466 g/mol. The highest BCUT2D eigenvalue weighted by molar-refractivity contribution is 9.10. The van der Waals surface area contributed by atoms with E-state index in [0.717, 1.165) is 29.3 Å². The Balaban J connectivity index is 2.12. The summed E-state index contributed by atoms with van der Waals surface area (Å²) in [6.07, 6.45) is 5.01. The van der Waals surface area contributed by atoms with Crippen LogP contribution in [-0.4, -0.2) is 29.8 Å². The fraction of sp³-hybridized carbons (Fsp3) is 0.348. The molecule has 0 saturated carbocycles. The summed E-state index contributed by atoms with van der Waals surface area (Å²) in [6, 6.07) is 12.5. The van der Waals surface area contributed by atoms with E-state index in [1.165, 1.54) is 4.31 Å². The number of sulfonamides is 1. The van der Waals surface area contributed by atoms with E-state index in [4.69, 9.17) is 0 Å². The van der Waals surface area contributed by atoms with Gasteiger partial charge in [0.25, 0.3) is 0 Å². The number of hydrogen-bond acceptors (Lipinski definition) is 3. The lowest BCUT2D eigenvalue weighted by Crippen LogP contribution is -2.39. The van der Waals surface area contributed by atoms with Crippen molar-refractivity contribution in [2.45, 2.75) is 56.5 Å². The molecule has 1 N–H and O–H groups in total. The number of nitrogens with zero attached hydrogens (tertiary/aromatic N) is 1. The number of carboxylic acids is 1. The highest BCUT2D eigenvalue weighted by Crippen LogP contribution is 2.42. The van der Waals surface area contributed by atoms with Crippen LogP contribution >= 0.6 is 15.9 Å². The van der Waals surface area contributed by atoms with Crippen LogP contribution in [-0.2, 0) is 14.8 Å². The fourth-order valence-electron chi connectivity index (χ4n) is 3.82. The van der Waals surface area contributed by atoms with Gasteiger partial charge >= 0.3 is 5.97 Å². The molecule has 0 saturated heterocycles. The second-order valence-electron chi connectivity index (χ2n) is 7.59. The third kappa shape index (κ3) is 4.68. The zero-order valence-electron chi connectivity index (χ0n) is 17.1. The summed E-state index contributed by atoms with van der Waals surface area (Å²) >= 11 is 3.39. The van der Waals surface area contributed by atoms with Gasteiger partial charge in [0.1, 0.15) is 0 Å². The van der Waals surface area contributed by atoms with Gasteiger partial charge in [-0.3, -0.25) is 0 Å². The van der Waals surface area contributed by atoms with Gasteiger partial charge in [-0.15, -0.1) is 0 Å². The molecule has 5 nitrogen and oxygen atoms in total. The van der Waals surface area contributed by atoms with Crippen molar-refractivity contribution >= 4 is 31.9 Å². The number of rotatable bonds is 8. The third-order valence-electron chi connectivity index (χ3n) is 5.38. The lowest BCUT2D eigenvalue weighted by atomic mass is 10.0. The van der Waals surface area contributed by atoms with Gasteiger partial charge in [0.15, 0.2) is 0 Å². The molecule has 1 heterocycles. The number of halogens is 1. The largest absolute Gasteiger partial charge is 0.478 e. The summed E-state index contributed by atoms with van der Waals surface area (Å²) in [5.74, 6) is -1.09. The molecular formula is C23H26BrNO4S. The lowest BCUT2D eigenvalue weighted by molar-refractivity contribution is -0.133. The zero-order chi connectivity index (χ0) is 21.9. The van der Waals surface area contributed by atoms with Gasteiger partial charge < -0.3 is 5.11 Å². The number of hydrogen-bond donors (Lipinski definition) is 1. The van der Waals surface area contributed by atoms with Crippen LogP contribution in [0.5, 0.6) is 0 Å². The molecule has 0 radical (unpaired) electrons. The van der Waals surface area contributed by atoms with Gasteiger partial charge in [-0.25, -0.2) is 13.2 Å². The predicted octanol–water partition coefficient (Wildman–Crippen LogP) is 5.46. The van der Waals surface area contributed by atoms with Crippen molar-refractivity contribution in [2.75, 3.05) is 0 Å². The average Bonchev–Trinajstić information content (AvgIpc) is 3.10. The van der Waals surface area contributed by atoms with Crippen molar-refractivity contribution < 1.29 is 18.3 Å². The minimum absolute atomic E-state index is 0.106. The first kappa shape index (κ1) is 22.7. The molecule has 3 rings (SSSR count). The van der Waals surface area contributed by atoms with Crippen molar-refractivity contribution in [1.82, 2.24) is 4.31 Å². The van der Waals surface area contributed by atoms with Gasteiger partial charge in [0.2, 0.25) is 10.0 Å². The molecule has 0 bridgehead atoms. The molecule has 160 valence electrons. The standard InChI is InChI=1S/C23H26BrNO4S/c1-3-4-5-6-19-15-21(23(26)27)22(17-9-11-18(24)12-10-17)25(19)30(28,29)20-13-7-16(2)8-14-20/h7-15,19,22H,3-6H2,1-2H3,(H,26,27)/t19-,22+/m1/s1. The molecule has 0 unspecified atom stereocenters. The molecule has 0 fully saturated rings. The molecule has 2 atom stereocenters. The predicted molar refractivity (Wildman–Crippen MR) is 121 cm³/mol. The number of carboxylic acid groups (broad SMARTS) is 1. The maximum Gasteiger partial charge on any atom is 0.333 e. The zero-order valence-corrected chi connectivity index (χ0v) is 19.5. The maximum absolute atomic E-state index is 13.7. The summed E-state index contributed by atoms with van der Waals surface area (Å²) in [5.41, 5.74) is 1.71. The molecule has 0 amide bonds. The van der Waals surface area contributed by atoms with Gasteiger partial charge in [0, 0.05) is 10.5 Å². The van der Waals surface area contributed by atoms with Crippen molar-refractivity contribution in [3.63, 3.8) is 0 Å². The first-order valence-corrected chi connectivity index (χ1v) is 12.3. The highest BCUT2D eigenvalue weighted by Gasteiger charge is 2.45. The molecule has 0 spiro atoms. The quantitative estimate of drug-likeness (QED) is 0.497. The van der Waals surface area contributed by atoms with Crippen LogP contribution in [0, 0.1) is 6.92 Å². The number of aryl methyl sites for hydroxylation is 1. The topological polar surface area (TPSA) is 74.7 Å². The van der Waals surface area contributed by atoms with E-state index in [0.29, 0.717) is 12.0 Å². The van der Waals surface area contributed by atoms with Gasteiger partial charge in [-0.05, 0) is 43.2 Å². The third-order valence-corrected chi connectivity index (χ3v) is 7.81. The minimum atomic E-state index is -3.91. The molecule has 30 heavy (non-hydrogen) atoms. The van der Waals surface area contributed by atoms with Crippen LogP contribution in [0.4, 0.5) is 0 Å². The average molecular weight is 492 g/mol. The van der Waals surface area contributed by atoms with Crippen LogP contribution < -0.4 is 0 Å². The number of unbranched alkanes of at least 4 members (excludes halogenated alkanes) is 2. The van der Waals surface area contributed by atoms with E-state index in [9.17, 15) is 18.3 Å². The Morgan fingerprint density at radius 3 is 2.27 bits per heavy atom. The molecule has 7 heteroatoms. The Labute approximate surface area is 186 Å². The lowest BCUT2D eigenvalue weighted by Gasteiger charge is -2.31. The molecule has 0 aromatic heterocycles. The Morgan fingerprint density at radius 1 is 1.07 bits per heavy atom. The second kappa shape index (κ2) is 9.45. The molecule has 2 aromatic carbocycles. The molecule has 0 aliphatic carbocycles. The SMILES string of the molecule is CCCCC[C@@H]1C=C(C(=O)O)[C@H](c2ccc(Br)cc2)N1S(=O)(=O)c1ccc(C)cc1. The summed E-state index contributed by atoms with van der Waals surface area (Å²) in [5, 5.41) is 9.88. The number of benzene rings is 2. The summed E-state index contributed by atoms with van der Waals surface area (Å²) in [4.78, 5) is 12.3. The second-order valence-corrected chi connectivity index (χ2v) is 10.4. The van der Waals surface area contributed by atoms with E-state index in [2.05, 4.69) is 22.9 Å². The minimum Gasteiger partial charge on any atom is -0.478 e. The van der Waals surface area contributed by atoms with Crippen LogP contribution in [0.3, 0.4) is 0 Å². The van der Waals surface area contributed by atoms with Crippen molar-refractivity contribution in [2.24, 2.45) is 0 Å². The van der Waals surface area contributed by atoms with Gasteiger partial charge in [0.05, 0.1) is 16.5 Å². The Kier molecular flexibility index (Phi) is 7.16. The van der Waals surface area contributed by atoms with Crippen LogP contribution in [0.1, 0.15) is 49.8 Å². The monoisotopic (exact) mass is 491 g/mol. The van der Waals surface area contributed by atoms with Gasteiger partial charge in [-0.2, -0.15) is 4.31 Å². The molecule has 1 aliphatic heterocycles. The van der Waals surface area contributed by atoms with E-state index >= 15 is 0 Å². The van der Waals surface area contributed by atoms with E-state index in [-0.39, 0.29) is 10.5 Å². The van der Waals surface area contributed by atoms with Crippen molar-refractivity contribution in [3.8, 4) is 0 Å². The van der Waals surface area contributed by atoms with E-state index in [1.54, 1.807) is 54.6 Å². The van der Waals surface area contributed by atoms with Crippen LogP contribution in [0.15, 0.2) is 69.5 Å². The van der Waals surface area contributed by atoms with Crippen LogP contribution in [0.25, 0.3) is 0 Å². The Bertz CT molecular complexity index is 1030. The van der Waals surface area contributed by atoms with Gasteiger partial charge in [-0.1, -0.05) is 78.0 Å². The summed E-state index contributed by atoms with van der Waals surface area (Å²) in [6.45, 7) is 3.98. The summed E-state index contributed by atoms with van der Waals surface area (Å²) < 4.78 is 29.6. The first-order chi connectivity index (χ1) is 14.3. The number of carbonyl (C=O) groups is 1. The number of aliphatic carboxylic acids is 1. The first-order valence-electron chi connectivity index (χ1n) is 10.1. The molecule has 2 aromatic rings. The fourth-order valence-corrected chi connectivity index (χ4v) is 5.85. The summed E-state index contributed by atoms with van der Waals surface area (Å²) in [7, 11) is -3.91. The van der Waals surface area contributed by atoms with E-state index < -0.39 is 28.1 Å². The smallest absolute Gasteiger partial charge is 0.333 e.